The maximum Gasteiger partial charge on any atom is 0.243 e. The van der Waals surface area contributed by atoms with Crippen LogP contribution in [-0.4, -0.2) is 36.0 Å². The second kappa shape index (κ2) is 7.97. The molecule has 0 N–H and O–H groups in total. The van der Waals surface area contributed by atoms with Gasteiger partial charge in [-0.05, 0) is 67.8 Å². The summed E-state index contributed by atoms with van der Waals surface area (Å²) in [6, 6.07) is 10.9. The monoisotopic (exact) mass is 479 g/mol. The number of rotatable bonds is 4. The Hall–Kier alpha value is -2.10. The summed E-state index contributed by atoms with van der Waals surface area (Å²) in [5.74, 6) is 0.241. The van der Waals surface area contributed by atoms with Gasteiger partial charge < -0.3 is 4.52 Å². The third-order valence-electron chi connectivity index (χ3n) is 5.04. The number of hydrogen-bond donors (Lipinski definition) is 0. The van der Waals surface area contributed by atoms with E-state index in [-0.39, 0.29) is 23.2 Å². The van der Waals surface area contributed by atoms with Gasteiger partial charge in [-0.25, -0.2) is 12.8 Å². The summed E-state index contributed by atoms with van der Waals surface area (Å²) in [6.07, 6.45) is 1.46. The van der Waals surface area contributed by atoms with Crippen LogP contribution < -0.4 is 0 Å². The number of nitrogens with zero attached hydrogens (tertiary/aromatic N) is 3. The largest absolute Gasteiger partial charge is 0.339 e. The van der Waals surface area contributed by atoms with Crippen molar-refractivity contribution in [3.05, 3.63) is 64.2 Å². The zero-order chi connectivity index (χ0) is 20.6. The van der Waals surface area contributed by atoms with Crippen LogP contribution in [-0.2, 0) is 10.0 Å². The van der Waals surface area contributed by atoms with E-state index in [1.807, 2.05) is 6.92 Å². The molecule has 1 atom stereocenters. The first-order valence-electron chi connectivity index (χ1n) is 9.20. The van der Waals surface area contributed by atoms with Crippen molar-refractivity contribution in [3.63, 3.8) is 0 Å². The Morgan fingerprint density at radius 3 is 2.69 bits per heavy atom. The van der Waals surface area contributed by atoms with Gasteiger partial charge in [-0.2, -0.15) is 9.29 Å². The Morgan fingerprint density at radius 2 is 1.97 bits per heavy atom. The molecular formula is C20H19BrFN3O3S. The average Bonchev–Trinajstić information content (AvgIpc) is 3.21. The molecule has 0 saturated carbocycles. The molecule has 0 amide bonds. The molecule has 9 heteroatoms. The summed E-state index contributed by atoms with van der Waals surface area (Å²) in [5, 5.41) is 3.98. The molecular weight excluding hydrogens is 461 g/mol. The number of piperidine rings is 1. The van der Waals surface area contributed by atoms with Gasteiger partial charge in [0.15, 0.2) is 0 Å². The van der Waals surface area contributed by atoms with E-state index < -0.39 is 10.0 Å². The third kappa shape index (κ3) is 4.12. The molecule has 1 aromatic heterocycles. The van der Waals surface area contributed by atoms with Crippen molar-refractivity contribution in [2.75, 3.05) is 13.1 Å². The lowest BCUT2D eigenvalue weighted by Gasteiger charge is -2.30. The Labute approximate surface area is 176 Å². The van der Waals surface area contributed by atoms with Crippen LogP contribution in [0.25, 0.3) is 11.4 Å². The molecule has 2 aromatic carbocycles. The van der Waals surface area contributed by atoms with E-state index in [4.69, 9.17) is 4.52 Å². The topological polar surface area (TPSA) is 76.3 Å². The van der Waals surface area contributed by atoms with Gasteiger partial charge in [-0.15, -0.1) is 0 Å². The van der Waals surface area contributed by atoms with Crippen molar-refractivity contribution in [3.8, 4) is 11.4 Å². The SMILES string of the molecule is Cc1cc(S(=O)(=O)N2CCCC(c3nc(-c4ccc(F)cc4)no3)C2)ccc1Br. The molecule has 1 aliphatic rings. The van der Waals surface area contributed by atoms with Gasteiger partial charge in [0.1, 0.15) is 5.82 Å². The first-order valence-corrected chi connectivity index (χ1v) is 11.4. The molecule has 0 aliphatic carbocycles. The second-order valence-electron chi connectivity index (χ2n) is 7.08. The fraction of sp³-hybridized carbons (Fsp3) is 0.300. The summed E-state index contributed by atoms with van der Waals surface area (Å²) in [4.78, 5) is 4.70. The predicted molar refractivity (Wildman–Crippen MR) is 109 cm³/mol. The summed E-state index contributed by atoms with van der Waals surface area (Å²) in [7, 11) is -3.61. The van der Waals surface area contributed by atoms with Crippen LogP contribution in [0.1, 0.15) is 30.2 Å². The van der Waals surface area contributed by atoms with Crippen molar-refractivity contribution >= 4 is 26.0 Å². The van der Waals surface area contributed by atoms with Crippen molar-refractivity contribution in [1.29, 1.82) is 0 Å². The van der Waals surface area contributed by atoms with E-state index in [2.05, 4.69) is 26.1 Å². The maximum absolute atomic E-state index is 13.1. The number of aryl methyl sites for hydroxylation is 1. The lowest BCUT2D eigenvalue weighted by atomic mass is 10.00. The zero-order valence-electron chi connectivity index (χ0n) is 15.7. The number of benzene rings is 2. The van der Waals surface area contributed by atoms with Crippen LogP contribution in [0.2, 0.25) is 0 Å². The van der Waals surface area contributed by atoms with E-state index >= 15 is 0 Å². The molecule has 0 spiro atoms. The van der Waals surface area contributed by atoms with Gasteiger partial charge in [0.2, 0.25) is 21.7 Å². The highest BCUT2D eigenvalue weighted by molar-refractivity contribution is 9.10. The van der Waals surface area contributed by atoms with Gasteiger partial charge in [0.25, 0.3) is 0 Å². The first-order chi connectivity index (χ1) is 13.8. The molecule has 0 radical (unpaired) electrons. The molecule has 1 aliphatic heterocycles. The fourth-order valence-electron chi connectivity index (χ4n) is 3.41. The first kappa shape index (κ1) is 20.2. The standard InChI is InChI=1S/C20H19BrFN3O3S/c1-13-11-17(8-9-18(13)21)29(26,27)25-10-2-3-15(12-25)20-23-19(24-28-20)14-4-6-16(22)7-5-14/h4-9,11,15H,2-3,10,12H2,1H3. The second-order valence-corrected chi connectivity index (χ2v) is 9.87. The molecule has 6 nitrogen and oxygen atoms in total. The summed E-state index contributed by atoms with van der Waals surface area (Å²) in [5.41, 5.74) is 1.51. The van der Waals surface area contributed by atoms with Gasteiger partial charge >= 0.3 is 0 Å². The zero-order valence-corrected chi connectivity index (χ0v) is 18.1. The van der Waals surface area contributed by atoms with Crippen molar-refractivity contribution in [2.45, 2.75) is 30.6 Å². The lowest BCUT2D eigenvalue weighted by Crippen LogP contribution is -2.39. The Morgan fingerprint density at radius 1 is 1.21 bits per heavy atom. The van der Waals surface area contributed by atoms with Crippen LogP contribution >= 0.6 is 15.9 Å². The van der Waals surface area contributed by atoms with E-state index in [0.29, 0.717) is 30.2 Å². The Bertz CT molecular complexity index is 1130. The van der Waals surface area contributed by atoms with Crippen LogP contribution in [0, 0.1) is 12.7 Å². The average molecular weight is 480 g/mol. The summed E-state index contributed by atoms with van der Waals surface area (Å²) < 4.78 is 47.1. The highest BCUT2D eigenvalue weighted by atomic mass is 79.9. The molecule has 1 saturated heterocycles. The van der Waals surface area contributed by atoms with Crippen molar-refractivity contribution < 1.29 is 17.3 Å². The van der Waals surface area contributed by atoms with Gasteiger partial charge in [-0.1, -0.05) is 21.1 Å². The lowest BCUT2D eigenvalue weighted by molar-refractivity contribution is 0.265. The highest BCUT2D eigenvalue weighted by Crippen LogP contribution is 2.31. The van der Waals surface area contributed by atoms with Crippen molar-refractivity contribution in [2.24, 2.45) is 0 Å². The molecule has 2 heterocycles. The molecule has 4 rings (SSSR count). The molecule has 29 heavy (non-hydrogen) atoms. The molecule has 1 fully saturated rings. The fourth-order valence-corrected chi connectivity index (χ4v) is 5.26. The minimum Gasteiger partial charge on any atom is -0.339 e. The Kier molecular flexibility index (Phi) is 5.54. The molecule has 1 unspecified atom stereocenters. The number of sulfonamides is 1. The molecule has 152 valence electrons. The van der Waals surface area contributed by atoms with Crippen LogP contribution in [0.15, 0.2) is 56.4 Å². The quantitative estimate of drug-likeness (QED) is 0.549. The summed E-state index contributed by atoms with van der Waals surface area (Å²) >= 11 is 3.40. The van der Waals surface area contributed by atoms with Gasteiger partial charge in [-0.3, -0.25) is 0 Å². The highest BCUT2D eigenvalue weighted by Gasteiger charge is 2.33. The van der Waals surface area contributed by atoms with Crippen LogP contribution in [0.5, 0.6) is 0 Å². The van der Waals surface area contributed by atoms with E-state index in [9.17, 15) is 12.8 Å². The van der Waals surface area contributed by atoms with Crippen LogP contribution in [0.4, 0.5) is 4.39 Å². The number of hydrogen-bond acceptors (Lipinski definition) is 5. The third-order valence-corrected chi connectivity index (χ3v) is 7.80. The van der Waals surface area contributed by atoms with Gasteiger partial charge in [0.05, 0.1) is 10.8 Å². The predicted octanol–water partition coefficient (Wildman–Crippen LogP) is 4.51. The smallest absolute Gasteiger partial charge is 0.243 e. The van der Waals surface area contributed by atoms with E-state index in [1.54, 1.807) is 30.3 Å². The van der Waals surface area contributed by atoms with E-state index in [0.717, 1.165) is 16.5 Å². The minimum absolute atomic E-state index is 0.184. The summed E-state index contributed by atoms with van der Waals surface area (Å²) in [6.45, 7) is 2.59. The van der Waals surface area contributed by atoms with Gasteiger partial charge in [0, 0.05) is 23.1 Å². The molecule has 0 bridgehead atoms. The number of halogens is 2. The minimum atomic E-state index is -3.61. The van der Waals surface area contributed by atoms with Crippen molar-refractivity contribution in [1.82, 2.24) is 14.4 Å². The Balaban J connectivity index is 1.55. The number of aromatic nitrogens is 2. The van der Waals surface area contributed by atoms with E-state index in [1.165, 1.54) is 16.4 Å². The maximum atomic E-state index is 13.1. The molecule has 3 aromatic rings. The van der Waals surface area contributed by atoms with Crippen LogP contribution in [0.3, 0.4) is 0 Å². The normalized spacial score (nSPS) is 18.1.